The van der Waals surface area contributed by atoms with Gasteiger partial charge < -0.3 is 20.1 Å². The highest BCUT2D eigenvalue weighted by atomic mass is 32.2. The molecule has 0 aliphatic heterocycles. The van der Waals surface area contributed by atoms with Crippen LogP contribution in [-0.2, 0) is 4.79 Å². The molecule has 4 aromatic rings. The Kier molecular flexibility index (Phi) is 8.80. The first-order valence-corrected chi connectivity index (χ1v) is 12.7. The molecule has 1 unspecified atom stereocenters. The number of ether oxygens (including phenoxy) is 2. The molecule has 0 spiro atoms. The van der Waals surface area contributed by atoms with Gasteiger partial charge in [-0.05, 0) is 42.0 Å². The number of thioether (sulfide) groups is 1. The van der Waals surface area contributed by atoms with Crippen molar-refractivity contribution < 1.29 is 24.0 Å². The highest BCUT2D eigenvalue weighted by Crippen LogP contribution is 2.38. The maximum atomic E-state index is 13.5. The highest BCUT2D eigenvalue weighted by Gasteiger charge is 2.24. The number of anilines is 2. The van der Waals surface area contributed by atoms with E-state index in [1.54, 1.807) is 43.5 Å². The lowest BCUT2D eigenvalue weighted by Gasteiger charge is -2.19. The molecular weight excluding hydrogens is 518 g/mol. The Morgan fingerprint density at radius 2 is 1.62 bits per heavy atom. The number of methoxy groups -OCH3 is 2. The topological polar surface area (TPSA) is 120 Å². The lowest BCUT2D eigenvalue weighted by atomic mass is 10.1. The Balaban J connectivity index is 1.56. The van der Waals surface area contributed by atoms with Crippen molar-refractivity contribution in [2.24, 2.45) is 0 Å². The van der Waals surface area contributed by atoms with Gasteiger partial charge in [0.1, 0.15) is 16.7 Å². The summed E-state index contributed by atoms with van der Waals surface area (Å²) < 4.78 is 10.7. The average molecular weight is 544 g/mol. The summed E-state index contributed by atoms with van der Waals surface area (Å²) in [5.74, 6) is 0.318. The summed E-state index contributed by atoms with van der Waals surface area (Å²) in [5.41, 5.74) is 1.77. The summed E-state index contributed by atoms with van der Waals surface area (Å²) in [6.45, 7) is 0. The number of carbonyl (C=O) groups is 2. The first kappa shape index (κ1) is 27.2. The number of non-ortho nitro benzene ring substituents is 1. The SMILES string of the molecule is COc1ccc(NC(=O)C(Sc2cccc(NC(=O)c3cccc([N+](=O)[O-])c3)c2)c2ccccc2)c(OC)c1. The fraction of sp³-hybridized carbons (Fsp3) is 0.103. The van der Waals surface area contributed by atoms with Crippen LogP contribution in [0.4, 0.5) is 17.1 Å². The third kappa shape index (κ3) is 6.93. The number of nitro groups is 1. The van der Waals surface area contributed by atoms with Crippen molar-refractivity contribution in [3.63, 3.8) is 0 Å². The molecule has 198 valence electrons. The van der Waals surface area contributed by atoms with E-state index >= 15 is 0 Å². The molecule has 2 N–H and O–H groups in total. The van der Waals surface area contributed by atoms with Crippen LogP contribution in [0.5, 0.6) is 11.5 Å². The molecule has 2 amide bonds. The van der Waals surface area contributed by atoms with Crippen molar-refractivity contribution in [3.05, 3.63) is 118 Å². The van der Waals surface area contributed by atoms with Crippen molar-refractivity contribution in [2.45, 2.75) is 10.1 Å². The molecule has 1 atom stereocenters. The molecule has 0 fully saturated rings. The van der Waals surface area contributed by atoms with E-state index in [9.17, 15) is 19.7 Å². The molecule has 10 heteroatoms. The van der Waals surface area contributed by atoms with Crippen LogP contribution in [0.1, 0.15) is 21.2 Å². The molecule has 0 bridgehead atoms. The predicted molar refractivity (Wildman–Crippen MR) is 151 cm³/mol. The molecule has 0 aliphatic rings. The Morgan fingerprint density at radius 1 is 0.846 bits per heavy atom. The summed E-state index contributed by atoms with van der Waals surface area (Å²) in [7, 11) is 3.07. The van der Waals surface area contributed by atoms with E-state index < -0.39 is 16.1 Å². The van der Waals surface area contributed by atoms with E-state index in [0.29, 0.717) is 22.9 Å². The Morgan fingerprint density at radius 3 is 2.33 bits per heavy atom. The second-order valence-corrected chi connectivity index (χ2v) is 9.43. The molecule has 0 aromatic heterocycles. The van der Waals surface area contributed by atoms with Crippen LogP contribution in [0.25, 0.3) is 0 Å². The minimum Gasteiger partial charge on any atom is -0.497 e. The lowest BCUT2D eigenvalue weighted by Crippen LogP contribution is -2.19. The number of nitrogens with one attached hydrogen (secondary N) is 2. The second kappa shape index (κ2) is 12.6. The first-order valence-electron chi connectivity index (χ1n) is 11.8. The molecule has 0 saturated carbocycles. The van der Waals surface area contributed by atoms with Crippen molar-refractivity contribution >= 4 is 40.6 Å². The fourth-order valence-electron chi connectivity index (χ4n) is 3.75. The molecule has 0 heterocycles. The Bertz CT molecular complexity index is 1500. The number of carbonyl (C=O) groups excluding carboxylic acids is 2. The predicted octanol–water partition coefficient (Wildman–Crippen LogP) is 6.34. The molecule has 4 rings (SSSR count). The van der Waals surface area contributed by atoms with Crippen molar-refractivity contribution in [3.8, 4) is 11.5 Å². The van der Waals surface area contributed by atoms with Crippen LogP contribution in [0.3, 0.4) is 0 Å². The van der Waals surface area contributed by atoms with Crippen molar-refractivity contribution in [1.29, 1.82) is 0 Å². The smallest absolute Gasteiger partial charge is 0.270 e. The monoisotopic (exact) mass is 543 g/mol. The van der Waals surface area contributed by atoms with Crippen LogP contribution in [0, 0.1) is 10.1 Å². The van der Waals surface area contributed by atoms with Gasteiger partial charge in [0.25, 0.3) is 11.6 Å². The highest BCUT2D eigenvalue weighted by molar-refractivity contribution is 8.00. The zero-order valence-corrected chi connectivity index (χ0v) is 21.9. The number of amides is 2. The van der Waals surface area contributed by atoms with Crippen molar-refractivity contribution in [2.75, 3.05) is 24.9 Å². The van der Waals surface area contributed by atoms with E-state index in [2.05, 4.69) is 10.6 Å². The number of rotatable bonds is 10. The van der Waals surface area contributed by atoms with Gasteiger partial charge in [-0.1, -0.05) is 42.5 Å². The third-order valence-electron chi connectivity index (χ3n) is 5.67. The van der Waals surface area contributed by atoms with Crippen LogP contribution in [0.15, 0.2) is 102 Å². The number of nitrogens with zero attached hydrogens (tertiary/aromatic N) is 1. The van der Waals surface area contributed by atoms with Gasteiger partial charge in [0.2, 0.25) is 5.91 Å². The first-order chi connectivity index (χ1) is 18.9. The van der Waals surface area contributed by atoms with Crippen molar-refractivity contribution in [1.82, 2.24) is 0 Å². The molecule has 0 saturated heterocycles. The maximum Gasteiger partial charge on any atom is 0.270 e. The minimum atomic E-state index is -0.624. The molecule has 0 radical (unpaired) electrons. The summed E-state index contributed by atoms with van der Waals surface area (Å²) in [4.78, 5) is 37.5. The van der Waals surface area contributed by atoms with Gasteiger partial charge in [-0.15, -0.1) is 11.8 Å². The second-order valence-electron chi connectivity index (χ2n) is 8.25. The van der Waals surface area contributed by atoms with Gasteiger partial charge in [-0.3, -0.25) is 19.7 Å². The van der Waals surface area contributed by atoms with Crippen LogP contribution in [0.2, 0.25) is 0 Å². The molecule has 0 aliphatic carbocycles. The number of benzene rings is 4. The molecule has 9 nitrogen and oxygen atoms in total. The van der Waals surface area contributed by atoms with Gasteiger partial charge in [-0.2, -0.15) is 0 Å². The number of hydrogen-bond donors (Lipinski definition) is 2. The lowest BCUT2D eigenvalue weighted by molar-refractivity contribution is -0.384. The van der Waals surface area contributed by atoms with E-state index in [0.717, 1.165) is 10.5 Å². The zero-order chi connectivity index (χ0) is 27.8. The van der Waals surface area contributed by atoms with Gasteiger partial charge in [0.05, 0.1) is 24.8 Å². The van der Waals surface area contributed by atoms with E-state index in [4.69, 9.17) is 9.47 Å². The third-order valence-corrected chi connectivity index (χ3v) is 6.92. The summed E-state index contributed by atoms with van der Waals surface area (Å²) in [5, 5.41) is 16.2. The Hall–Kier alpha value is -4.83. The van der Waals surface area contributed by atoms with Crippen LogP contribution < -0.4 is 20.1 Å². The van der Waals surface area contributed by atoms with E-state index in [1.165, 1.54) is 43.1 Å². The van der Waals surface area contributed by atoms with E-state index in [-0.39, 0.29) is 17.2 Å². The zero-order valence-electron chi connectivity index (χ0n) is 21.1. The quantitative estimate of drug-likeness (QED) is 0.136. The van der Waals surface area contributed by atoms with Gasteiger partial charge in [0, 0.05) is 34.3 Å². The Labute approximate surface area is 229 Å². The van der Waals surface area contributed by atoms with E-state index in [1.807, 2.05) is 36.4 Å². The summed E-state index contributed by atoms with van der Waals surface area (Å²) in [6.07, 6.45) is 0. The normalized spacial score (nSPS) is 11.2. The van der Waals surface area contributed by atoms with Crippen LogP contribution >= 0.6 is 11.8 Å². The minimum absolute atomic E-state index is 0.164. The molecular formula is C29H25N3O6S. The summed E-state index contributed by atoms with van der Waals surface area (Å²) in [6, 6.07) is 27.0. The number of hydrogen-bond acceptors (Lipinski definition) is 7. The largest absolute Gasteiger partial charge is 0.497 e. The van der Waals surface area contributed by atoms with Gasteiger partial charge >= 0.3 is 0 Å². The number of nitro benzene ring substituents is 1. The maximum absolute atomic E-state index is 13.5. The van der Waals surface area contributed by atoms with Crippen LogP contribution in [-0.4, -0.2) is 31.0 Å². The van der Waals surface area contributed by atoms with Gasteiger partial charge in [-0.25, -0.2) is 0 Å². The standard InChI is InChI=1S/C29H25N3O6S/c1-37-23-14-15-25(26(18-23)38-2)31-29(34)27(19-8-4-3-5-9-19)39-24-13-7-11-21(17-24)30-28(33)20-10-6-12-22(16-20)32(35)36/h3-18,27H,1-2H3,(H,30,33)(H,31,34). The van der Waals surface area contributed by atoms with Gasteiger partial charge in [0.15, 0.2) is 0 Å². The fourth-order valence-corrected chi connectivity index (χ4v) is 4.83. The molecule has 4 aromatic carbocycles. The molecule has 39 heavy (non-hydrogen) atoms. The summed E-state index contributed by atoms with van der Waals surface area (Å²) >= 11 is 1.32. The average Bonchev–Trinajstić information content (AvgIpc) is 2.96.